The molecule has 0 spiro atoms. The zero-order valence-electron chi connectivity index (χ0n) is 14.7. The van der Waals surface area contributed by atoms with E-state index < -0.39 is 23.6 Å². The van der Waals surface area contributed by atoms with E-state index in [1.165, 1.54) is 60.7 Å². The molecule has 148 valence electrons. The normalized spacial score (nSPS) is 11.6. The quantitative estimate of drug-likeness (QED) is 0.568. The van der Waals surface area contributed by atoms with Crippen LogP contribution < -0.4 is 5.32 Å². The Morgan fingerprint density at radius 3 is 2.48 bits per heavy atom. The second-order valence-corrected chi connectivity index (χ2v) is 5.99. The Bertz CT molecular complexity index is 1080. The number of carboxylic acid groups (broad SMARTS) is 1. The fourth-order valence-corrected chi connectivity index (χ4v) is 2.52. The van der Waals surface area contributed by atoms with Crippen LogP contribution in [0.2, 0.25) is 0 Å². The van der Waals surface area contributed by atoms with Gasteiger partial charge in [-0.1, -0.05) is 18.2 Å². The predicted octanol–water partition coefficient (Wildman–Crippen LogP) is 5.32. The minimum Gasteiger partial charge on any atom is -0.478 e. The summed E-state index contributed by atoms with van der Waals surface area (Å²) in [5, 5.41) is 11.5. The summed E-state index contributed by atoms with van der Waals surface area (Å²) < 4.78 is 44.0. The number of anilines is 1. The molecule has 0 fully saturated rings. The number of rotatable bonds is 5. The van der Waals surface area contributed by atoms with Crippen LogP contribution in [0.3, 0.4) is 0 Å². The van der Waals surface area contributed by atoms with Crippen LogP contribution in [-0.4, -0.2) is 17.0 Å². The third-order valence-corrected chi connectivity index (χ3v) is 3.88. The van der Waals surface area contributed by atoms with Gasteiger partial charge in [-0.25, -0.2) is 4.79 Å². The summed E-state index contributed by atoms with van der Waals surface area (Å²) in [6.07, 6.45) is -1.93. The largest absolute Gasteiger partial charge is 0.478 e. The number of nitrogens with one attached hydrogen (secondary N) is 1. The highest BCUT2D eigenvalue weighted by Gasteiger charge is 2.30. The second kappa shape index (κ2) is 8.05. The highest BCUT2D eigenvalue weighted by molar-refractivity contribution is 6.02. The Labute approximate surface area is 163 Å². The fourth-order valence-electron chi connectivity index (χ4n) is 2.52. The van der Waals surface area contributed by atoms with E-state index in [0.717, 1.165) is 12.1 Å². The molecule has 3 rings (SSSR count). The van der Waals surface area contributed by atoms with E-state index in [-0.39, 0.29) is 22.6 Å². The number of amides is 1. The molecule has 8 heteroatoms. The van der Waals surface area contributed by atoms with E-state index in [1.54, 1.807) is 0 Å². The third-order valence-electron chi connectivity index (χ3n) is 3.88. The Morgan fingerprint density at radius 2 is 1.76 bits per heavy atom. The minimum atomic E-state index is -4.46. The average molecular weight is 401 g/mol. The van der Waals surface area contributed by atoms with Crippen LogP contribution in [0.15, 0.2) is 71.2 Å². The maximum atomic E-state index is 12.8. The van der Waals surface area contributed by atoms with Gasteiger partial charge in [-0.3, -0.25) is 4.79 Å². The fraction of sp³-hybridized carbons (Fsp3) is 0.0476. The third kappa shape index (κ3) is 5.13. The SMILES string of the molecule is O=C(/C=C/c1ccc(-c2cccc(C(F)(F)F)c2)o1)Nc1cccc(C(=O)O)c1. The maximum Gasteiger partial charge on any atom is 0.416 e. The van der Waals surface area contributed by atoms with E-state index in [4.69, 9.17) is 9.52 Å². The number of hydrogen-bond donors (Lipinski definition) is 2. The molecule has 5 nitrogen and oxygen atoms in total. The molecule has 0 atom stereocenters. The van der Waals surface area contributed by atoms with Crippen LogP contribution in [0.1, 0.15) is 21.7 Å². The number of hydrogen-bond acceptors (Lipinski definition) is 3. The zero-order valence-corrected chi connectivity index (χ0v) is 14.7. The van der Waals surface area contributed by atoms with Gasteiger partial charge in [0.2, 0.25) is 5.91 Å². The second-order valence-electron chi connectivity index (χ2n) is 5.99. The Hall–Kier alpha value is -3.81. The highest BCUT2D eigenvalue weighted by atomic mass is 19.4. The first-order chi connectivity index (χ1) is 13.7. The van der Waals surface area contributed by atoms with E-state index in [9.17, 15) is 22.8 Å². The van der Waals surface area contributed by atoms with E-state index >= 15 is 0 Å². The Balaban J connectivity index is 1.70. The first-order valence-corrected chi connectivity index (χ1v) is 8.32. The summed E-state index contributed by atoms with van der Waals surface area (Å²) in [5.74, 6) is -1.14. The van der Waals surface area contributed by atoms with Crippen molar-refractivity contribution in [2.24, 2.45) is 0 Å². The standard InChI is InChI=1S/C21H14F3NO4/c22-21(23,24)15-5-1-3-13(11-15)18-9-7-17(29-18)8-10-19(26)25-16-6-2-4-14(12-16)20(27)28/h1-12H,(H,25,26)(H,27,28)/b10-8+. The molecule has 0 saturated heterocycles. The molecule has 1 amide bonds. The molecule has 0 aliphatic rings. The molecule has 0 aliphatic carbocycles. The number of carbonyl (C=O) groups is 2. The Morgan fingerprint density at radius 1 is 1.00 bits per heavy atom. The van der Waals surface area contributed by atoms with Crippen molar-refractivity contribution in [3.8, 4) is 11.3 Å². The number of alkyl halides is 3. The molecule has 2 N–H and O–H groups in total. The first-order valence-electron chi connectivity index (χ1n) is 8.32. The lowest BCUT2D eigenvalue weighted by molar-refractivity contribution is -0.137. The molecule has 29 heavy (non-hydrogen) atoms. The first kappa shape index (κ1) is 19.9. The lowest BCUT2D eigenvalue weighted by Gasteiger charge is -2.07. The van der Waals surface area contributed by atoms with Gasteiger partial charge in [-0.05, 0) is 48.5 Å². The molecule has 1 aromatic heterocycles. The van der Waals surface area contributed by atoms with E-state index in [0.29, 0.717) is 5.69 Å². The van der Waals surface area contributed by atoms with Gasteiger partial charge in [-0.2, -0.15) is 13.2 Å². The van der Waals surface area contributed by atoms with Crippen LogP contribution in [0, 0.1) is 0 Å². The van der Waals surface area contributed by atoms with E-state index in [1.807, 2.05) is 0 Å². The number of benzene rings is 2. The molecule has 0 radical (unpaired) electrons. The number of carboxylic acids is 1. The molecular formula is C21H14F3NO4. The molecule has 0 aliphatic heterocycles. The van der Waals surface area contributed by atoms with Crippen molar-refractivity contribution >= 4 is 23.6 Å². The van der Waals surface area contributed by atoms with Gasteiger partial charge in [0.1, 0.15) is 11.5 Å². The molecule has 0 bridgehead atoms. The van der Waals surface area contributed by atoms with Gasteiger partial charge >= 0.3 is 12.1 Å². The van der Waals surface area contributed by atoms with Gasteiger partial charge in [-0.15, -0.1) is 0 Å². The van der Waals surface area contributed by atoms with Gasteiger partial charge in [0.05, 0.1) is 11.1 Å². The number of halogens is 3. The zero-order chi connectivity index (χ0) is 21.0. The van der Waals surface area contributed by atoms with Crippen LogP contribution in [0.5, 0.6) is 0 Å². The van der Waals surface area contributed by atoms with Crippen LogP contribution in [0.25, 0.3) is 17.4 Å². The summed E-state index contributed by atoms with van der Waals surface area (Å²) in [7, 11) is 0. The lowest BCUT2D eigenvalue weighted by Crippen LogP contribution is -2.08. The lowest BCUT2D eigenvalue weighted by atomic mass is 10.1. The van der Waals surface area contributed by atoms with Crippen LogP contribution >= 0.6 is 0 Å². The highest BCUT2D eigenvalue weighted by Crippen LogP contribution is 2.32. The molecule has 2 aromatic carbocycles. The van der Waals surface area contributed by atoms with Crippen molar-refractivity contribution in [1.82, 2.24) is 0 Å². The van der Waals surface area contributed by atoms with Gasteiger partial charge in [0.25, 0.3) is 0 Å². The van der Waals surface area contributed by atoms with Gasteiger partial charge in [0, 0.05) is 17.3 Å². The topological polar surface area (TPSA) is 79.5 Å². The van der Waals surface area contributed by atoms with Crippen molar-refractivity contribution in [3.63, 3.8) is 0 Å². The number of furan rings is 1. The Kier molecular flexibility index (Phi) is 5.54. The number of aromatic carboxylic acids is 1. The molecular weight excluding hydrogens is 387 g/mol. The van der Waals surface area contributed by atoms with Gasteiger partial charge in [0.15, 0.2) is 0 Å². The maximum absolute atomic E-state index is 12.8. The molecule has 0 unspecified atom stereocenters. The summed E-state index contributed by atoms with van der Waals surface area (Å²) in [6.45, 7) is 0. The van der Waals surface area contributed by atoms with Crippen molar-refractivity contribution in [2.75, 3.05) is 5.32 Å². The summed E-state index contributed by atoms with van der Waals surface area (Å²) in [5.41, 5.74) is -0.187. The van der Waals surface area contributed by atoms with Crippen molar-refractivity contribution < 1.29 is 32.3 Å². The monoisotopic (exact) mass is 401 g/mol. The average Bonchev–Trinajstić information content (AvgIpc) is 3.15. The minimum absolute atomic E-state index is 0.0311. The van der Waals surface area contributed by atoms with Crippen molar-refractivity contribution in [2.45, 2.75) is 6.18 Å². The molecule has 0 saturated carbocycles. The smallest absolute Gasteiger partial charge is 0.416 e. The van der Waals surface area contributed by atoms with E-state index in [2.05, 4.69) is 5.32 Å². The summed E-state index contributed by atoms with van der Waals surface area (Å²) >= 11 is 0. The molecule has 1 heterocycles. The predicted molar refractivity (Wildman–Crippen MR) is 100 cm³/mol. The molecule has 3 aromatic rings. The van der Waals surface area contributed by atoms with Crippen molar-refractivity contribution in [1.29, 1.82) is 0 Å². The van der Waals surface area contributed by atoms with Crippen molar-refractivity contribution in [3.05, 3.63) is 83.6 Å². The summed E-state index contributed by atoms with van der Waals surface area (Å²) in [4.78, 5) is 22.9. The van der Waals surface area contributed by atoms with Crippen LogP contribution in [-0.2, 0) is 11.0 Å². The van der Waals surface area contributed by atoms with Crippen LogP contribution in [0.4, 0.5) is 18.9 Å². The van der Waals surface area contributed by atoms with Gasteiger partial charge < -0.3 is 14.8 Å². The number of carbonyl (C=O) groups excluding carboxylic acids is 1. The summed E-state index contributed by atoms with van der Waals surface area (Å²) in [6, 6.07) is 13.5.